The first kappa shape index (κ1) is 14.7. The Labute approximate surface area is 138 Å². The van der Waals surface area contributed by atoms with Crippen LogP contribution < -0.4 is 0 Å². The molecule has 23 heavy (non-hydrogen) atoms. The zero-order valence-electron chi connectivity index (χ0n) is 12.1. The van der Waals surface area contributed by atoms with Crippen molar-refractivity contribution in [3.63, 3.8) is 0 Å². The third kappa shape index (κ3) is 3.52. The molecular formula is C19H11N3S. The van der Waals surface area contributed by atoms with Crippen LogP contribution in [0.25, 0.3) is 28.4 Å². The molecule has 3 aromatic rings. The van der Waals surface area contributed by atoms with Crippen molar-refractivity contribution < 1.29 is 0 Å². The summed E-state index contributed by atoms with van der Waals surface area (Å²) in [6.45, 7) is 0. The lowest BCUT2D eigenvalue weighted by atomic mass is 10.1. The number of aromatic nitrogens is 1. The molecular weight excluding hydrogens is 302 g/mol. The van der Waals surface area contributed by atoms with E-state index in [9.17, 15) is 0 Å². The number of nitriles is 2. The Kier molecular flexibility index (Phi) is 4.29. The molecule has 0 aliphatic rings. The first-order valence-corrected chi connectivity index (χ1v) is 7.76. The van der Waals surface area contributed by atoms with Crippen molar-refractivity contribution >= 4 is 39.8 Å². The Bertz CT molecular complexity index is 931. The van der Waals surface area contributed by atoms with E-state index in [0.29, 0.717) is 0 Å². The minimum absolute atomic E-state index is 0.0998. The van der Waals surface area contributed by atoms with Crippen molar-refractivity contribution in [1.29, 1.82) is 10.5 Å². The second kappa shape index (κ2) is 6.70. The van der Waals surface area contributed by atoms with Gasteiger partial charge in [-0.2, -0.15) is 10.5 Å². The predicted molar refractivity (Wildman–Crippen MR) is 94.2 cm³/mol. The van der Waals surface area contributed by atoms with E-state index < -0.39 is 0 Å². The van der Waals surface area contributed by atoms with Crippen LogP contribution in [-0.4, -0.2) is 4.98 Å². The number of para-hydroxylation sites is 1. The molecule has 3 nitrogen and oxygen atoms in total. The standard InChI is InChI=1S/C19H11N3S/c20-12-16(13-21)11-15-7-5-14(6-8-15)9-10-19-22-17-3-1-2-4-18(17)23-19/h1-11H/b10-9+. The fraction of sp³-hybridized carbons (Fsp3) is 0. The number of nitrogens with zero attached hydrogens (tertiary/aromatic N) is 3. The summed E-state index contributed by atoms with van der Waals surface area (Å²) < 4.78 is 1.17. The highest BCUT2D eigenvalue weighted by atomic mass is 32.1. The van der Waals surface area contributed by atoms with Crippen LogP contribution in [0.1, 0.15) is 16.1 Å². The smallest absolute Gasteiger partial charge is 0.130 e. The van der Waals surface area contributed by atoms with Crippen LogP contribution in [0.3, 0.4) is 0 Å². The van der Waals surface area contributed by atoms with Crippen LogP contribution in [0.5, 0.6) is 0 Å². The molecule has 108 valence electrons. The number of hydrogen-bond acceptors (Lipinski definition) is 4. The lowest BCUT2D eigenvalue weighted by Crippen LogP contribution is -1.77. The monoisotopic (exact) mass is 313 g/mol. The molecule has 1 heterocycles. The number of rotatable bonds is 3. The molecule has 3 rings (SSSR count). The summed E-state index contributed by atoms with van der Waals surface area (Å²) in [6, 6.07) is 19.4. The summed E-state index contributed by atoms with van der Waals surface area (Å²) in [5.74, 6) is 0. The maximum absolute atomic E-state index is 8.75. The SMILES string of the molecule is N#CC(C#N)=Cc1ccc(/C=C/c2nc3ccccc3s2)cc1. The lowest BCUT2D eigenvalue weighted by molar-refractivity contribution is 1.46. The number of allylic oxidation sites excluding steroid dienone is 1. The lowest BCUT2D eigenvalue weighted by Gasteiger charge is -1.95. The van der Waals surface area contributed by atoms with Crippen molar-refractivity contribution in [3.8, 4) is 12.1 Å². The maximum atomic E-state index is 8.75. The van der Waals surface area contributed by atoms with Gasteiger partial charge in [-0.25, -0.2) is 4.98 Å². The average Bonchev–Trinajstić information content (AvgIpc) is 3.02. The van der Waals surface area contributed by atoms with Gasteiger partial charge in [-0.1, -0.05) is 42.5 Å². The Morgan fingerprint density at radius 3 is 2.30 bits per heavy atom. The fourth-order valence-electron chi connectivity index (χ4n) is 2.09. The summed E-state index contributed by atoms with van der Waals surface area (Å²) in [5, 5.41) is 18.5. The highest BCUT2D eigenvalue weighted by Crippen LogP contribution is 2.23. The Morgan fingerprint density at radius 2 is 1.61 bits per heavy atom. The first-order chi connectivity index (χ1) is 11.3. The topological polar surface area (TPSA) is 60.5 Å². The molecule has 2 aromatic carbocycles. The van der Waals surface area contributed by atoms with E-state index in [4.69, 9.17) is 10.5 Å². The van der Waals surface area contributed by atoms with Gasteiger partial charge >= 0.3 is 0 Å². The van der Waals surface area contributed by atoms with Crippen molar-refractivity contribution in [2.45, 2.75) is 0 Å². The molecule has 0 fully saturated rings. The quantitative estimate of drug-likeness (QED) is 0.646. The van der Waals surface area contributed by atoms with Gasteiger partial charge in [-0.3, -0.25) is 0 Å². The van der Waals surface area contributed by atoms with Crippen LogP contribution in [0.15, 0.2) is 54.1 Å². The third-order valence-corrected chi connectivity index (χ3v) is 4.22. The molecule has 0 spiro atoms. The summed E-state index contributed by atoms with van der Waals surface area (Å²) in [6.07, 6.45) is 5.56. The molecule has 0 atom stereocenters. The maximum Gasteiger partial charge on any atom is 0.130 e. The van der Waals surface area contributed by atoms with Gasteiger partial charge in [0.15, 0.2) is 0 Å². The van der Waals surface area contributed by atoms with E-state index in [1.54, 1.807) is 17.4 Å². The zero-order valence-corrected chi connectivity index (χ0v) is 12.9. The summed E-state index contributed by atoms with van der Waals surface area (Å²) in [7, 11) is 0. The van der Waals surface area contributed by atoms with Crippen LogP contribution in [0.2, 0.25) is 0 Å². The molecule has 0 saturated carbocycles. The molecule has 0 unspecified atom stereocenters. The molecule has 4 heteroatoms. The summed E-state index contributed by atoms with van der Waals surface area (Å²) >= 11 is 1.65. The highest BCUT2D eigenvalue weighted by molar-refractivity contribution is 7.19. The van der Waals surface area contributed by atoms with Gasteiger partial charge in [0.2, 0.25) is 0 Å². The molecule has 0 N–H and O–H groups in total. The largest absolute Gasteiger partial charge is 0.237 e. The van der Waals surface area contributed by atoms with Gasteiger partial charge in [0.25, 0.3) is 0 Å². The highest BCUT2D eigenvalue weighted by Gasteiger charge is 1.99. The second-order valence-electron chi connectivity index (χ2n) is 4.80. The van der Waals surface area contributed by atoms with Gasteiger partial charge in [0, 0.05) is 0 Å². The zero-order chi connectivity index (χ0) is 16.1. The summed E-state index contributed by atoms with van der Waals surface area (Å²) in [5.41, 5.74) is 2.98. The minimum atomic E-state index is 0.0998. The minimum Gasteiger partial charge on any atom is -0.237 e. The Hall–Kier alpha value is -3.21. The molecule has 0 aliphatic carbocycles. The molecule has 0 bridgehead atoms. The van der Waals surface area contributed by atoms with E-state index in [0.717, 1.165) is 21.7 Å². The normalized spacial score (nSPS) is 10.3. The van der Waals surface area contributed by atoms with Crippen molar-refractivity contribution in [2.24, 2.45) is 0 Å². The molecule has 0 saturated heterocycles. The Morgan fingerprint density at radius 1 is 0.913 bits per heavy atom. The van der Waals surface area contributed by atoms with Gasteiger partial charge < -0.3 is 0 Å². The van der Waals surface area contributed by atoms with Gasteiger partial charge in [0.1, 0.15) is 22.7 Å². The van der Waals surface area contributed by atoms with Crippen molar-refractivity contribution in [2.75, 3.05) is 0 Å². The molecule has 0 radical (unpaired) electrons. The van der Waals surface area contributed by atoms with Gasteiger partial charge in [-0.05, 0) is 35.4 Å². The molecule has 1 aromatic heterocycles. The number of hydrogen-bond donors (Lipinski definition) is 0. The predicted octanol–water partition coefficient (Wildman–Crippen LogP) is 4.90. The molecule has 0 amide bonds. The fourth-order valence-corrected chi connectivity index (χ4v) is 2.96. The van der Waals surface area contributed by atoms with Crippen LogP contribution >= 0.6 is 11.3 Å². The van der Waals surface area contributed by atoms with Gasteiger partial charge in [0.05, 0.1) is 10.2 Å². The summed E-state index contributed by atoms with van der Waals surface area (Å²) in [4.78, 5) is 4.56. The van der Waals surface area contributed by atoms with Crippen LogP contribution in [0, 0.1) is 22.7 Å². The van der Waals surface area contributed by atoms with E-state index in [1.807, 2.05) is 66.8 Å². The third-order valence-electron chi connectivity index (χ3n) is 3.22. The van der Waals surface area contributed by atoms with E-state index in [1.165, 1.54) is 4.70 Å². The van der Waals surface area contributed by atoms with E-state index >= 15 is 0 Å². The number of benzene rings is 2. The van der Waals surface area contributed by atoms with Crippen LogP contribution in [-0.2, 0) is 0 Å². The van der Waals surface area contributed by atoms with E-state index in [2.05, 4.69) is 11.1 Å². The van der Waals surface area contributed by atoms with Crippen molar-refractivity contribution in [1.82, 2.24) is 4.98 Å². The first-order valence-electron chi connectivity index (χ1n) is 6.94. The molecule has 0 aliphatic heterocycles. The average molecular weight is 313 g/mol. The second-order valence-corrected chi connectivity index (χ2v) is 5.86. The number of thiazole rings is 1. The van der Waals surface area contributed by atoms with Crippen LogP contribution in [0.4, 0.5) is 0 Å². The van der Waals surface area contributed by atoms with Gasteiger partial charge in [-0.15, -0.1) is 11.3 Å². The van der Waals surface area contributed by atoms with Crippen molar-refractivity contribution in [3.05, 3.63) is 70.2 Å². The Balaban J connectivity index is 1.79. The van der Waals surface area contributed by atoms with E-state index in [-0.39, 0.29) is 5.57 Å². The number of fused-ring (bicyclic) bond motifs is 1.